The van der Waals surface area contributed by atoms with Gasteiger partial charge in [0.15, 0.2) is 0 Å². The van der Waals surface area contributed by atoms with Gasteiger partial charge < -0.3 is 15.7 Å². The molecule has 0 aliphatic carbocycles. The monoisotopic (exact) mass is 571 g/mol. The smallest absolute Gasteiger partial charge is 0.416 e. The summed E-state index contributed by atoms with van der Waals surface area (Å²) >= 11 is 6.14. The number of aromatic nitrogens is 1. The first-order chi connectivity index (χ1) is 19.0. The first-order valence-electron chi connectivity index (χ1n) is 12.0. The number of hydrogen-bond acceptors (Lipinski definition) is 4. The molecule has 0 fully saturated rings. The van der Waals surface area contributed by atoms with Crippen molar-refractivity contribution in [3.8, 4) is 22.3 Å². The Kier molecular flexibility index (Phi) is 8.69. The number of pyridine rings is 1. The molecule has 0 aliphatic heterocycles. The van der Waals surface area contributed by atoms with E-state index in [1.54, 1.807) is 30.3 Å². The van der Waals surface area contributed by atoms with Crippen molar-refractivity contribution in [1.29, 1.82) is 0 Å². The molecule has 206 valence electrons. The van der Waals surface area contributed by atoms with Gasteiger partial charge in [-0.2, -0.15) is 13.2 Å². The molecule has 0 unspecified atom stereocenters. The van der Waals surface area contributed by atoms with Crippen LogP contribution < -0.4 is 10.6 Å². The number of rotatable bonds is 9. The van der Waals surface area contributed by atoms with Crippen LogP contribution in [0.5, 0.6) is 0 Å². The van der Waals surface area contributed by atoms with E-state index in [9.17, 15) is 27.2 Å². The summed E-state index contributed by atoms with van der Waals surface area (Å²) in [7, 11) is 0. The molecule has 0 saturated carbocycles. The van der Waals surface area contributed by atoms with Crippen LogP contribution in [0.1, 0.15) is 28.0 Å². The van der Waals surface area contributed by atoms with E-state index in [1.807, 2.05) is 0 Å². The van der Waals surface area contributed by atoms with E-state index in [1.165, 1.54) is 36.5 Å². The highest BCUT2D eigenvalue weighted by molar-refractivity contribution is 6.33. The van der Waals surface area contributed by atoms with E-state index in [4.69, 9.17) is 16.7 Å². The van der Waals surface area contributed by atoms with Gasteiger partial charge in [-0.1, -0.05) is 35.9 Å². The van der Waals surface area contributed by atoms with Crippen molar-refractivity contribution in [2.75, 3.05) is 11.9 Å². The van der Waals surface area contributed by atoms with Crippen molar-refractivity contribution >= 4 is 29.2 Å². The second kappa shape index (κ2) is 12.2. The quantitative estimate of drug-likeness (QED) is 0.187. The number of carbonyl (C=O) groups is 2. The highest BCUT2D eigenvalue weighted by atomic mass is 35.5. The topological polar surface area (TPSA) is 91.3 Å². The van der Waals surface area contributed by atoms with Crippen LogP contribution in [0.4, 0.5) is 23.2 Å². The number of benzene rings is 3. The summed E-state index contributed by atoms with van der Waals surface area (Å²) < 4.78 is 53.8. The third-order valence-corrected chi connectivity index (χ3v) is 6.29. The number of hydrogen-bond donors (Lipinski definition) is 3. The largest absolute Gasteiger partial charge is 0.481 e. The molecule has 3 N–H and O–H groups in total. The van der Waals surface area contributed by atoms with Crippen LogP contribution >= 0.6 is 11.6 Å². The lowest BCUT2D eigenvalue weighted by Crippen LogP contribution is -2.26. The Balaban J connectivity index is 1.54. The van der Waals surface area contributed by atoms with Gasteiger partial charge in [-0.05, 0) is 65.2 Å². The van der Waals surface area contributed by atoms with Gasteiger partial charge in [0.2, 0.25) is 0 Å². The summed E-state index contributed by atoms with van der Waals surface area (Å²) in [5.41, 5.74) is 2.49. The highest BCUT2D eigenvalue weighted by Gasteiger charge is 2.31. The minimum Gasteiger partial charge on any atom is -0.481 e. The molecule has 1 amide bonds. The molecule has 0 aliphatic rings. The van der Waals surface area contributed by atoms with Crippen LogP contribution in [-0.2, 0) is 17.5 Å². The maximum atomic E-state index is 13.5. The van der Waals surface area contributed by atoms with Gasteiger partial charge >= 0.3 is 12.1 Å². The zero-order valence-electron chi connectivity index (χ0n) is 20.7. The van der Waals surface area contributed by atoms with E-state index in [0.29, 0.717) is 22.4 Å². The van der Waals surface area contributed by atoms with E-state index < -0.39 is 29.4 Å². The molecule has 6 nitrogen and oxygen atoms in total. The molecule has 0 atom stereocenters. The second-order valence-electron chi connectivity index (χ2n) is 8.76. The first kappa shape index (κ1) is 28.6. The average molecular weight is 572 g/mol. The van der Waals surface area contributed by atoms with Crippen molar-refractivity contribution < 1.29 is 32.3 Å². The molecule has 40 heavy (non-hydrogen) atoms. The third-order valence-electron chi connectivity index (χ3n) is 5.98. The minimum absolute atomic E-state index is 0.00198. The lowest BCUT2D eigenvalue weighted by Gasteiger charge is -2.15. The van der Waals surface area contributed by atoms with E-state index in [2.05, 4.69) is 15.6 Å². The summed E-state index contributed by atoms with van der Waals surface area (Å²) in [5.74, 6) is -2.10. The molecule has 0 saturated heterocycles. The lowest BCUT2D eigenvalue weighted by atomic mass is 9.97. The van der Waals surface area contributed by atoms with E-state index in [-0.39, 0.29) is 35.8 Å². The van der Waals surface area contributed by atoms with Gasteiger partial charge in [0.25, 0.3) is 5.91 Å². The van der Waals surface area contributed by atoms with Crippen molar-refractivity contribution in [3.63, 3.8) is 0 Å². The van der Waals surface area contributed by atoms with Gasteiger partial charge in [-0.15, -0.1) is 0 Å². The second-order valence-corrected chi connectivity index (χ2v) is 9.16. The minimum atomic E-state index is -4.56. The fraction of sp³-hybridized carbons (Fsp3) is 0.138. The Bertz CT molecular complexity index is 1530. The van der Waals surface area contributed by atoms with Gasteiger partial charge in [-0.3, -0.25) is 14.6 Å². The molecule has 1 heterocycles. The Morgan fingerprint density at radius 3 is 2.25 bits per heavy atom. The first-order valence-corrected chi connectivity index (χ1v) is 12.3. The number of anilines is 1. The summed E-state index contributed by atoms with van der Waals surface area (Å²) in [6.45, 7) is 0.0977. The number of alkyl halides is 3. The highest BCUT2D eigenvalue weighted by Crippen LogP contribution is 2.35. The number of nitrogens with zero attached hydrogens (tertiary/aromatic N) is 1. The van der Waals surface area contributed by atoms with Crippen molar-refractivity contribution in [2.24, 2.45) is 0 Å². The Labute approximate surface area is 231 Å². The number of nitrogens with one attached hydrogen (secondary N) is 2. The number of halogens is 5. The molecule has 4 aromatic rings. The molecular formula is C29H22ClF4N3O3. The predicted molar refractivity (Wildman–Crippen MR) is 143 cm³/mol. The molecular weight excluding hydrogens is 550 g/mol. The molecule has 3 aromatic carbocycles. The maximum Gasteiger partial charge on any atom is 0.416 e. The van der Waals surface area contributed by atoms with Crippen molar-refractivity contribution in [1.82, 2.24) is 10.3 Å². The standard InChI is InChI=1S/C29H22ClF4N3O3/c30-25-14-21(31)6-9-23(25)17-2-7-22(8-3-17)36-15-18-1-5-20(29(32,33)34)13-24(18)19-4-10-26(37-16-19)28(40)35-12-11-27(38)39/h1-10,13-14,16,36H,11-12,15H2,(H,35,40)(H,38,39). The summed E-state index contributed by atoms with van der Waals surface area (Å²) in [4.78, 5) is 26.9. The fourth-order valence-electron chi connectivity index (χ4n) is 3.93. The van der Waals surface area contributed by atoms with Crippen LogP contribution in [0, 0.1) is 5.82 Å². The Hall–Kier alpha value is -4.44. The van der Waals surface area contributed by atoms with Crippen molar-refractivity contribution in [2.45, 2.75) is 19.1 Å². The molecule has 11 heteroatoms. The van der Waals surface area contributed by atoms with Gasteiger partial charge in [-0.25, -0.2) is 4.39 Å². The molecule has 4 rings (SSSR count). The average Bonchev–Trinajstić information content (AvgIpc) is 2.91. The summed E-state index contributed by atoms with van der Waals surface area (Å²) in [5, 5.41) is 14.6. The third kappa shape index (κ3) is 7.15. The number of amides is 1. The van der Waals surface area contributed by atoms with Crippen molar-refractivity contribution in [3.05, 3.63) is 107 Å². The number of carbonyl (C=O) groups excluding carboxylic acids is 1. The van der Waals surface area contributed by atoms with Crippen LogP contribution in [-0.4, -0.2) is 28.5 Å². The predicted octanol–water partition coefficient (Wildman–Crippen LogP) is 7.04. The van der Waals surface area contributed by atoms with Crippen LogP contribution in [0.2, 0.25) is 5.02 Å². The van der Waals surface area contributed by atoms with Crippen LogP contribution in [0.15, 0.2) is 79.0 Å². The lowest BCUT2D eigenvalue weighted by molar-refractivity contribution is -0.138. The van der Waals surface area contributed by atoms with Gasteiger partial charge in [0, 0.05) is 36.1 Å². The molecule has 0 radical (unpaired) electrons. The fourth-order valence-corrected chi connectivity index (χ4v) is 4.20. The van der Waals surface area contributed by atoms with E-state index >= 15 is 0 Å². The van der Waals surface area contributed by atoms with E-state index in [0.717, 1.165) is 17.7 Å². The Morgan fingerprint density at radius 2 is 1.62 bits per heavy atom. The molecule has 0 bridgehead atoms. The zero-order chi connectivity index (χ0) is 28.9. The number of carboxylic acid groups (broad SMARTS) is 1. The SMILES string of the molecule is O=C(O)CCNC(=O)c1ccc(-c2cc(C(F)(F)F)ccc2CNc2ccc(-c3ccc(F)cc3Cl)cc2)cn1. The number of aliphatic carboxylic acids is 1. The summed E-state index contributed by atoms with van der Waals surface area (Å²) in [6.07, 6.45) is -3.52. The van der Waals surface area contributed by atoms with Crippen LogP contribution in [0.25, 0.3) is 22.3 Å². The maximum absolute atomic E-state index is 13.5. The van der Waals surface area contributed by atoms with Gasteiger partial charge in [0.1, 0.15) is 11.5 Å². The summed E-state index contributed by atoms with van der Waals surface area (Å²) in [6, 6.07) is 17.5. The van der Waals surface area contributed by atoms with Crippen LogP contribution in [0.3, 0.4) is 0 Å². The van der Waals surface area contributed by atoms with Gasteiger partial charge in [0.05, 0.1) is 17.0 Å². The normalized spacial score (nSPS) is 11.2. The molecule has 1 aromatic heterocycles. The molecule has 0 spiro atoms. The number of carboxylic acids is 1. The Morgan fingerprint density at radius 1 is 0.900 bits per heavy atom. The zero-order valence-corrected chi connectivity index (χ0v) is 21.5.